The number of halogens is 1. The van der Waals surface area contributed by atoms with Crippen LogP contribution in [0.25, 0.3) is 0 Å². The molecular formula is C11H16ClN3OS. The number of thiazole rings is 1. The van der Waals surface area contributed by atoms with E-state index >= 15 is 0 Å². The lowest BCUT2D eigenvalue weighted by molar-refractivity contribution is 0.0874. The number of rotatable bonds is 4. The monoisotopic (exact) mass is 273 g/mol. The van der Waals surface area contributed by atoms with Crippen LogP contribution in [0.15, 0.2) is 5.16 Å². The molecule has 0 bridgehead atoms. The lowest BCUT2D eigenvalue weighted by Gasteiger charge is -2.11. The fourth-order valence-electron chi connectivity index (χ4n) is 1.63. The molecule has 0 atom stereocenters. The predicted molar refractivity (Wildman–Crippen MR) is 72.4 cm³/mol. The predicted octanol–water partition coefficient (Wildman–Crippen LogP) is 3.16. The zero-order valence-electron chi connectivity index (χ0n) is 10.0. The largest absolute Gasteiger partial charge is 0.393 e. The standard InChI is InChI=1S/C11H16ClN3OS/c1-8(2)16-13-7-9-10(12)14-11(17-9)15-5-3-4-6-15/h7-8H,3-6H2,1-2H3/b13-7+. The Bertz CT molecular complexity index is 399. The van der Waals surface area contributed by atoms with Crippen LogP contribution in [0.3, 0.4) is 0 Å². The minimum absolute atomic E-state index is 0.0796. The summed E-state index contributed by atoms with van der Waals surface area (Å²) in [5.74, 6) is 0. The molecule has 0 aliphatic carbocycles. The number of anilines is 1. The topological polar surface area (TPSA) is 37.7 Å². The highest BCUT2D eigenvalue weighted by Crippen LogP contribution is 2.30. The van der Waals surface area contributed by atoms with Gasteiger partial charge in [0.2, 0.25) is 0 Å². The van der Waals surface area contributed by atoms with E-state index in [2.05, 4.69) is 15.0 Å². The summed E-state index contributed by atoms with van der Waals surface area (Å²) >= 11 is 7.63. The van der Waals surface area contributed by atoms with Gasteiger partial charge in [0.05, 0.1) is 11.1 Å². The fraction of sp³-hybridized carbons (Fsp3) is 0.636. The van der Waals surface area contributed by atoms with Gasteiger partial charge in [0.15, 0.2) is 10.3 Å². The van der Waals surface area contributed by atoms with E-state index in [9.17, 15) is 0 Å². The van der Waals surface area contributed by atoms with E-state index in [-0.39, 0.29) is 6.10 Å². The number of hydrogen-bond acceptors (Lipinski definition) is 5. The van der Waals surface area contributed by atoms with E-state index in [1.54, 1.807) is 17.6 Å². The maximum atomic E-state index is 6.06. The Kier molecular flexibility index (Phi) is 4.23. The Morgan fingerprint density at radius 1 is 1.47 bits per heavy atom. The summed E-state index contributed by atoms with van der Waals surface area (Å²) in [7, 11) is 0. The highest BCUT2D eigenvalue weighted by molar-refractivity contribution is 7.17. The highest BCUT2D eigenvalue weighted by Gasteiger charge is 2.17. The van der Waals surface area contributed by atoms with Crippen LogP contribution in [-0.2, 0) is 4.84 Å². The van der Waals surface area contributed by atoms with Crippen LogP contribution in [0.4, 0.5) is 5.13 Å². The van der Waals surface area contributed by atoms with Gasteiger partial charge in [-0.15, -0.1) is 0 Å². The van der Waals surface area contributed by atoms with Crippen LogP contribution in [0.5, 0.6) is 0 Å². The maximum absolute atomic E-state index is 6.06. The van der Waals surface area contributed by atoms with Crippen molar-refractivity contribution in [2.75, 3.05) is 18.0 Å². The summed E-state index contributed by atoms with van der Waals surface area (Å²) in [4.78, 5) is 12.6. The Morgan fingerprint density at radius 2 is 2.18 bits per heavy atom. The first kappa shape index (κ1) is 12.6. The van der Waals surface area contributed by atoms with E-state index in [1.807, 2.05) is 13.8 Å². The average molecular weight is 274 g/mol. The molecule has 17 heavy (non-hydrogen) atoms. The van der Waals surface area contributed by atoms with Crippen LogP contribution in [-0.4, -0.2) is 30.4 Å². The van der Waals surface area contributed by atoms with Crippen molar-refractivity contribution in [3.8, 4) is 0 Å². The number of aromatic nitrogens is 1. The number of hydrogen-bond donors (Lipinski definition) is 0. The molecule has 94 valence electrons. The normalized spacial score (nSPS) is 16.4. The smallest absolute Gasteiger partial charge is 0.187 e. The second-order valence-corrected chi connectivity index (χ2v) is 5.60. The zero-order valence-corrected chi connectivity index (χ0v) is 11.6. The summed E-state index contributed by atoms with van der Waals surface area (Å²) < 4.78 is 0. The molecule has 2 rings (SSSR count). The molecule has 0 aromatic carbocycles. The van der Waals surface area contributed by atoms with E-state index in [1.165, 1.54) is 12.8 Å². The van der Waals surface area contributed by atoms with Crippen molar-refractivity contribution < 1.29 is 4.84 Å². The van der Waals surface area contributed by atoms with Gasteiger partial charge in [-0.05, 0) is 26.7 Å². The van der Waals surface area contributed by atoms with Gasteiger partial charge in [0.1, 0.15) is 6.10 Å². The molecule has 0 N–H and O–H groups in total. The van der Waals surface area contributed by atoms with Gasteiger partial charge in [-0.1, -0.05) is 28.1 Å². The third-order valence-corrected chi connectivity index (χ3v) is 3.87. The van der Waals surface area contributed by atoms with E-state index < -0.39 is 0 Å². The molecule has 2 heterocycles. The van der Waals surface area contributed by atoms with E-state index in [0.29, 0.717) is 5.15 Å². The Hall–Kier alpha value is -0.810. The molecule has 4 nitrogen and oxygen atoms in total. The Labute approximate surface area is 110 Å². The van der Waals surface area contributed by atoms with E-state index in [0.717, 1.165) is 23.1 Å². The second kappa shape index (κ2) is 5.69. The minimum Gasteiger partial charge on any atom is -0.393 e. The van der Waals surface area contributed by atoms with Crippen molar-refractivity contribution in [3.63, 3.8) is 0 Å². The van der Waals surface area contributed by atoms with Crippen molar-refractivity contribution in [2.24, 2.45) is 5.16 Å². The van der Waals surface area contributed by atoms with Crippen molar-refractivity contribution >= 4 is 34.3 Å². The number of oxime groups is 1. The molecule has 1 aliphatic rings. The van der Waals surface area contributed by atoms with Gasteiger partial charge >= 0.3 is 0 Å². The maximum Gasteiger partial charge on any atom is 0.187 e. The van der Waals surface area contributed by atoms with Crippen molar-refractivity contribution in [2.45, 2.75) is 32.8 Å². The molecule has 1 aromatic rings. The van der Waals surface area contributed by atoms with Crippen LogP contribution in [0.2, 0.25) is 5.15 Å². The quantitative estimate of drug-likeness (QED) is 0.625. The first-order valence-corrected chi connectivity index (χ1v) is 6.96. The Balaban J connectivity index is 2.05. The van der Waals surface area contributed by atoms with Crippen LogP contribution in [0, 0.1) is 0 Å². The number of nitrogens with zero attached hydrogens (tertiary/aromatic N) is 3. The van der Waals surface area contributed by atoms with Gasteiger partial charge in [0.25, 0.3) is 0 Å². The van der Waals surface area contributed by atoms with Crippen molar-refractivity contribution in [1.29, 1.82) is 0 Å². The van der Waals surface area contributed by atoms with Crippen LogP contribution in [0.1, 0.15) is 31.6 Å². The SMILES string of the molecule is CC(C)O/N=C/c1sc(N2CCCC2)nc1Cl. The van der Waals surface area contributed by atoms with Crippen molar-refractivity contribution in [3.05, 3.63) is 10.0 Å². The molecule has 1 aliphatic heterocycles. The Morgan fingerprint density at radius 3 is 2.82 bits per heavy atom. The fourth-order valence-corrected chi connectivity index (χ4v) is 2.79. The minimum atomic E-state index is 0.0796. The van der Waals surface area contributed by atoms with Crippen LogP contribution >= 0.6 is 22.9 Å². The molecule has 1 fully saturated rings. The highest BCUT2D eigenvalue weighted by atomic mass is 35.5. The molecule has 0 spiro atoms. The van der Waals surface area contributed by atoms with Gasteiger partial charge < -0.3 is 9.74 Å². The van der Waals surface area contributed by atoms with E-state index in [4.69, 9.17) is 16.4 Å². The van der Waals surface area contributed by atoms with Crippen LogP contribution < -0.4 is 4.90 Å². The zero-order chi connectivity index (χ0) is 12.3. The summed E-state index contributed by atoms with van der Waals surface area (Å²) in [6, 6.07) is 0. The molecule has 1 saturated heterocycles. The van der Waals surface area contributed by atoms with Crippen molar-refractivity contribution in [1.82, 2.24) is 4.98 Å². The van der Waals surface area contributed by atoms with Gasteiger partial charge in [0, 0.05) is 13.1 Å². The molecule has 0 saturated carbocycles. The first-order valence-electron chi connectivity index (χ1n) is 5.77. The lowest BCUT2D eigenvalue weighted by Crippen LogP contribution is -2.16. The summed E-state index contributed by atoms with van der Waals surface area (Å²) in [6.07, 6.45) is 4.18. The molecule has 6 heteroatoms. The first-order chi connectivity index (χ1) is 8.16. The third kappa shape index (κ3) is 3.33. The molecule has 0 radical (unpaired) electrons. The molecule has 1 aromatic heterocycles. The van der Waals surface area contributed by atoms with Gasteiger partial charge in [-0.2, -0.15) is 0 Å². The van der Waals surface area contributed by atoms with Gasteiger partial charge in [-0.3, -0.25) is 0 Å². The lowest BCUT2D eigenvalue weighted by atomic mass is 10.4. The third-order valence-electron chi connectivity index (χ3n) is 2.42. The van der Waals surface area contributed by atoms with Gasteiger partial charge in [-0.25, -0.2) is 4.98 Å². The molecule has 0 unspecified atom stereocenters. The summed E-state index contributed by atoms with van der Waals surface area (Å²) in [6.45, 7) is 6.01. The summed E-state index contributed by atoms with van der Waals surface area (Å²) in [5.41, 5.74) is 0. The molecular weight excluding hydrogens is 258 g/mol. The second-order valence-electron chi connectivity index (χ2n) is 4.23. The average Bonchev–Trinajstić information content (AvgIpc) is 2.87. The molecule has 0 amide bonds. The summed E-state index contributed by atoms with van der Waals surface area (Å²) in [5, 5.41) is 5.38.